The highest BCUT2D eigenvalue weighted by Gasteiger charge is 2.28. The molecule has 0 saturated carbocycles. The summed E-state index contributed by atoms with van der Waals surface area (Å²) in [5, 5.41) is 13.2. The highest BCUT2D eigenvalue weighted by Crippen LogP contribution is 2.38. The first-order chi connectivity index (χ1) is 16.7. The first-order valence-corrected chi connectivity index (χ1v) is 12.3. The van der Waals surface area contributed by atoms with Gasteiger partial charge in [0.25, 0.3) is 0 Å². The Kier molecular flexibility index (Phi) is 6.29. The number of halogens is 3. The number of hydrogen-bond donors (Lipinski definition) is 1. The zero-order valence-electron chi connectivity index (χ0n) is 20.4. The number of tetrazole rings is 1. The predicted molar refractivity (Wildman–Crippen MR) is 131 cm³/mol. The van der Waals surface area contributed by atoms with E-state index in [1.54, 1.807) is 4.52 Å². The van der Waals surface area contributed by atoms with Gasteiger partial charge in [0, 0.05) is 29.1 Å². The van der Waals surface area contributed by atoms with Crippen molar-refractivity contribution in [3.05, 3.63) is 47.2 Å². The molecule has 5 rings (SSSR count). The molecule has 0 bridgehead atoms. The minimum Gasteiger partial charge on any atom is -0.354 e. The number of aromatic amines is 1. The molecule has 1 aliphatic heterocycles. The number of pyridine rings is 1. The van der Waals surface area contributed by atoms with Crippen LogP contribution in [-0.4, -0.2) is 55.7 Å². The number of aryl methyl sites for hydroxylation is 1. The van der Waals surface area contributed by atoms with Gasteiger partial charge in [-0.25, -0.2) is 0 Å². The standard InChI is InChI=1S/C26H31F3N6/c1-16(2)23-21-14-19(18-7-11-34(12-8-18)10-4-9-26(27,28)29)5-6-22(21)30-24(23)20-13-17(3)25-31-32-33-35(25)15-20/h5-6,13-16,18,30H,4,7-12H2,1-3H3. The van der Waals surface area contributed by atoms with Gasteiger partial charge in [0.1, 0.15) is 0 Å². The van der Waals surface area contributed by atoms with Crippen LogP contribution in [0.25, 0.3) is 27.8 Å². The predicted octanol–water partition coefficient (Wildman–Crippen LogP) is 6.23. The van der Waals surface area contributed by atoms with E-state index >= 15 is 0 Å². The molecule has 0 radical (unpaired) electrons. The van der Waals surface area contributed by atoms with Crippen molar-refractivity contribution in [2.24, 2.45) is 0 Å². The van der Waals surface area contributed by atoms with Gasteiger partial charge in [0.05, 0.1) is 5.69 Å². The van der Waals surface area contributed by atoms with Crippen LogP contribution >= 0.6 is 0 Å². The highest BCUT2D eigenvalue weighted by atomic mass is 19.4. The highest BCUT2D eigenvalue weighted by molar-refractivity contribution is 5.92. The quantitative estimate of drug-likeness (QED) is 0.353. The van der Waals surface area contributed by atoms with Gasteiger partial charge in [-0.15, -0.1) is 5.10 Å². The maximum Gasteiger partial charge on any atom is 0.389 e. The van der Waals surface area contributed by atoms with E-state index in [0.717, 1.165) is 53.9 Å². The van der Waals surface area contributed by atoms with E-state index in [1.807, 2.05) is 13.1 Å². The first-order valence-electron chi connectivity index (χ1n) is 12.3. The fourth-order valence-electron chi connectivity index (χ4n) is 5.45. The Labute approximate surface area is 202 Å². The number of piperidine rings is 1. The molecule has 4 heterocycles. The topological polar surface area (TPSA) is 62.1 Å². The summed E-state index contributed by atoms with van der Waals surface area (Å²) in [5.41, 5.74) is 7.60. The lowest BCUT2D eigenvalue weighted by Gasteiger charge is -2.32. The molecule has 9 heteroatoms. The second-order valence-electron chi connectivity index (χ2n) is 10.1. The van der Waals surface area contributed by atoms with Crippen molar-refractivity contribution < 1.29 is 13.2 Å². The van der Waals surface area contributed by atoms with Gasteiger partial charge < -0.3 is 9.88 Å². The number of likely N-dealkylation sites (tertiary alicyclic amines) is 1. The van der Waals surface area contributed by atoms with Gasteiger partial charge in [-0.05, 0) is 103 Å². The van der Waals surface area contributed by atoms with Gasteiger partial charge in [-0.3, -0.25) is 0 Å². The van der Waals surface area contributed by atoms with Gasteiger partial charge in [0.2, 0.25) is 0 Å². The normalized spacial score (nSPS) is 16.2. The number of aromatic nitrogens is 5. The summed E-state index contributed by atoms with van der Waals surface area (Å²) >= 11 is 0. The van der Waals surface area contributed by atoms with Crippen molar-refractivity contribution in [2.75, 3.05) is 19.6 Å². The minimum atomic E-state index is -4.06. The SMILES string of the molecule is Cc1cc(-c2[nH]c3ccc(C4CCN(CCCC(F)(F)F)CC4)cc3c2C(C)C)cn2nnnc12. The molecule has 6 nitrogen and oxygen atoms in total. The third-order valence-corrected chi connectivity index (χ3v) is 7.20. The van der Waals surface area contributed by atoms with Crippen LogP contribution in [0.2, 0.25) is 0 Å². The molecule has 1 fully saturated rings. The number of hydrogen-bond acceptors (Lipinski definition) is 4. The van der Waals surface area contributed by atoms with Crippen LogP contribution in [0.15, 0.2) is 30.5 Å². The van der Waals surface area contributed by atoms with Gasteiger partial charge >= 0.3 is 6.18 Å². The van der Waals surface area contributed by atoms with E-state index in [0.29, 0.717) is 18.4 Å². The molecule has 0 atom stereocenters. The molecular formula is C26H31F3N6. The number of benzene rings is 1. The van der Waals surface area contributed by atoms with Crippen LogP contribution < -0.4 is 0 Å². The van der Waals surface area contributed by atoms with Crippen LogP contribution in [0.4, 0.5) is 13.2 Å². The summed E-state index contributed by atoms with van der Waals surface area (Å²) in [4.78, 5) is 5.81. The molecule has 1 N–H and O–H groups in total. The second-order valence-corrected chi connectivity index (χ2v) is 10.1. The monoisotopic (exact) mass is 484 g/mol. The fraction of sp³-hybridized carbons (Fsp3) is 0.500. The lowest BCUT2D eigenvalue weighted by molar-refractivity contribution is -0.136. The number of nitrogens with one attached hydrogen (secondary N) is 1. The molecule has 4 aromatic rings. The largest absolute Gasteiger partial charge is 0.389 e. The Hall–Kier alpha value is -2.94. The number of alkyl halides is 3. The van der Waals surface area contributed by atoms with Crippen LogP contribution in [0, 0.1) is 6.92 Å². The zero-order valence-corrected chi connectivity index (χ0v) is 20.4. The van der Waals surface area contributed by atoms with Crippen molar-refractivity contribution in [3.63, 3.8) is 0 Å². The summed E-state index contributed by atoms with van der Waals surface area (Å²) in [7, 11) is 0. The van der Waals surface area contributed by atoms with E-state index in [1.165, 1.54) is 16.5 Å². The van der Waals surface area contributed by atoms with Crippen molar-refractivity contribution in [1.82, 2.24) is 29.9 Å². The molecule has 1 aromatic carbocycles. The Morgan fingerprint density at radius 2 is 1.91 bits per heavy atom. The summed E-state index contributed by atoms with van der Waals surface area (Å²) in [6.45, 7) is 8.65. The first kappa shape index (κ1) is 23.8. The average Bonchev–Trinajstić information content (AvgIpc) is 3.43. The fourth-order valence-corrected chi connectivity index (χ4v) is 5.45. The van der Waals surface area contributed by atoms with E-state index < -0.39 is 12.6 Å². The van der Waals surface area contributed by atoms with Crippen molar-refractivity contribution in [3.8, 4) is 11.3 Å². The maximum absolute atomic E-state index is 12.5. The average molecular weight is 485 g/mol. The summed E-state index contributed by atoms with van der Waals surface area (Å²) in [5.74, 6) is 0.741. The van der Waals surface area contributed by atoms with Crippen molar-refractivity contribution >= 4 is 16.6 Å². The molecule has 186 valence electrons. The van der Waals surface area contributed by atoms with Crippen molar-refractivity contribution in [2.45, 2.75) is 64.5 Å². The van der Waals surface area contributed by atoms with Crippen molar-refractivity contribution in [1.29, 1.82) is 0 Å². The van der Waals surface area contributed by atoms with E-state index in [4.69, 9.17) is 0 Å². The smallest absolute Gasteiger partial charge is 0.354 e. The van der Waals surface area contributed by atoms with Crippen LogP contribution in [0.3, 0.4) is 0 Å². The summed E-state index contributed by atoms with van der Waals surface area (Å²) in [6, 6.07) is 8.80. The number of nitrogens with zero attached hydrogens (tertiary/aromatic N) is 5. The molecular weight excluding hydrogens is 453 g/mol. The molecule has 35 heavy (non-hydrogen) atoms. The maximum atomic E-state index is 12.5. The van der Waals surface area contributed by atoms with Crippen LogP contribution in [-0.2, 0) is 0 Å². The molecule has 0 spiro atoms. The van der Waals surface area contributed by atoms with Crippen LogP contribution in [0.1, 0.15) is 68.1 Å². The van der Waals surface area contributed by atoms with E-state index in [2.05, 4.69) is 63.5 Å². The Bertz CT molecular complexity index is 1330. The van der Waals surface area contributed by atoms with E-state index in [9.17, 15) is 13.2 Å². The van der Waals surface area contributed by atoms with Gasteiger partial charge in [0.15, 0.2) is 5.65 Å². The summed E-state index contributed by atoms with van der Waals surface area (Å²) in [6.07, 6.45) is -0.665. The molecule has 0 amide bonds. The van der Waals surface area contributed by atoms with Crippen LogP contribution in [0.5, 0.6) is 0 Å². The summed E-state index contributed by atoms with van der Waals surface area (Å²) < 4.78 is 39.1. The lowest BCUT2D eigenvalue weighted by atomic mass is 9.87. The number of rotatable bonds is 6. The van der Waals surface area contributed by atoms with E-state index in [-0.39, 0.29) is 6.42 Å². The third-order valence-electron chi connectivity index (χ3n) is 7.20. The molecule has 0 unspecified atom stereocenters. The Morgan fingerprint density at radius 3 is 2.63 bits per heavy atom. The molecule has 1 aliphatic rings. The van der Waals surface area contributed by atoms with Gasteiger partial charge in [-0.1, -0.05) is 19.9 Å². The molecule has 0 aliphatic carbocycles. The molecule has 1 saturated heterocycles. The lowest BCUT2D eigenvalue weighted by Crippen LogP contribution is -2.34. The molecule has 3 aromatic heterocycles. The Balaban J connectivity index is 1.39. The Morgan fingerprint density at radius 1 is 1.14 bits per heavy atom. The third kappa shape index (κ3) is 4.91. The number of H-pyrrole nitrogens is 1. The number of fused-ring (bicyclic) bond motifs is 2. The minimum absolute atomic E-state index is 0.180. The zero-order chi connectivity index (χ0) is 24.7. The van der Waals surface area contributed by atoms with Gasteiger partial charge in [-0.2, -0.15) is 17.7 Å². The second kappa shape index (κ2) is 9.26.